The van der Waals surface area contributed by atoms with Gasteiger partial charge in [0.15, 0.2) is 0 Å². The summed E-state index contributed by atoms with van der Waals surface area (Å²) in [6.07, 6.45) is 8.35. The third-order valence-electron chi connectivity index (χ3n) is 10.1. The van der Waals surface area contributed by atoms with Gasteiger partial charge in [-0.25, -0.2) is 0 Å². The monoisotopic (exact) mass is 890 g/mol. The van der Waals surface area contributed by atoms with Gasteiger partial charge in [-0.1, -0.05) is 225 Å². The molecule has 8 rings (SSSR count). The first-order valence-corrected chi connectivity index (χ1v) is 23.5. The lowest BCUT2D eigenvalue weighted by atomic mass is 10.1. The summed E-state index contributed by atoms with van der Waals surface area (Å²) in [7, 11) is -4.06. The first kappa shape index (κ1) is 44.6. The van der Waals surface area contributed by atoms with Crippen LogP contribution in [0.2, 0.25) is 0 Å². The van der Waals surface area contributed by atoms with Crippen LogP contribution < -0.4 is 18.1 Å². The normalized spacial score (nSPS) is 11.9. The standard InChI is InChI=1S/C57H48O6P2/c1-2-3-8-27-46(42-45-25-9-4-10-26-45)43-58-64(61-55-39-22-18-35-51(55)47-28-11-5-12-29-47)60-54-38-21-17-34-50(54)44-59-65(62-56-40-23-19-36-52(56)48-30-13-6-14-31-48)63-57-41-24-20-37-53(57)49-32-15-7-16-33-49/h2-41H,1,42-44H2/b8-3-,46-27-. The van der Waals surface area contributed by atoms with Crippen molar-refractivity contribution in [1.82, 2.24) is 0 Å². The molecule has 0 aliphatic heterocycles. The fourth-order valence-electron chi connectivity index (χ4n) is 6.93. The molecule has 0 radical (unpaired) electrons. The molecular weight excluding hydrogens is 843 g/mol. The lowest BCUT2D eigenvalue weighted by molar-refractivity contribution is 0.251. The third-order valence-corrected chi connectivity index (χ3v) is 12.2. The predicted octanol–water partition coefficient (Wildman–Crippen LogP) is 16.2. The average molecular weight is 891 g/mol. The van der Waals surface area contributed by atoms with E-state index in [1.807, 2.05) is 182 Å². The minimum Gasteiger partial charge on any atom is -0.417 e. The molecule has 0 saturated carbocycles. The lowest BCUT2D eigenvalue weighted by Gasteiger charge is -2.23. The van der Waals surface area contributed by atoms with Gasteiger partial charge in [-0.15, -0.1) is 0 Å². The minimum atomic E-state index is -2.03. The molecule has 0 aromatic heterocycles. The van der Waals surface area contributed by atoms with Crippen LogP contribution in [0.1, 0.15) is 11.1 Å². The molecule has 322 valence electrons. The van der Waals surface area contributed by atoms with E-state index in [1.54, 1.807) is 6.08 Å². The van der Waals surface area contributed by atoms with Crippen molar-refractivity contribution in [3.8, 4) is 56.4 Å². The van der Waals surface area contributed by atoms with Crippen molar-refractivity contribution in [3.63, 3.8) is 0 Å². The van der Waals surface area contributed by atoms with Gasteiger partial charge in [-0.05, 0) is 58.5 Å². The van der Waals surface area contributed by atoms with Crippen molar-refractivity contribution in [2.24, 2.45) is 0 Å². The van der Waals surface area contributed by atoms with Crippen LogP contribution in [0.15, 0.2) is 255 Å². The highest BCUT2D eigenvalue weighted by molar-refractivity contribution is 7.43. The van der Waals surface area contributed by atoms with Crippen LogP contribution in [0.4, 0.5) is 0 Å². The zero-order valence-electron chi connectivity index (χ0n) is 35.8. The molecule has 0 spiro atoms. The molecule has 1 unspecified atom stereocenters. The fourth-order valence-corrected chi connectivity index (χ4v) is 9.03. The van der Waals surface area contributed by atoms with Gasteiger partial charge in [0.25, 0.3) is 0 Å². The van der Waals surface area contributed by atoms with E-state index >= 15 is 0 Å². The maximum Gasteiger partial charge on any atom is 0.463 e. The van der Waals surface area contributed by atoms with Gasteiger partial charge in [-0.3, -0.25) is 9.05 Å². The van der Waals surface area contributed by atoms with Crippen LogP contribution in [-0.2, 0) is 22.1 Å². The highest BCUT2D eigenvalue weighted by atomic mass is 31.2. The van der Waals surface area contributed by atoms with Crippen LogP contribution in [-0.4, -0.2) is 6.61 Å². The Balaban J connectivity index is 1.09. The number of benzene rings is 8. The first-order valence-electron chi connectivity index (χ1n) is 21.3. The van der Waals surface area contributed by atoms with Crippen molar-refractivity contribution in [1.29, 1.82) is 0 Å². The molecule has 6 nitrogen and oxygen atoms in total. The van der Waals surface area contributed by atoms with Gasteiger partial charge in [0.05, 0.1) is 13.2 Å². The summed E-state index contributed by atoms with van der Waals surface area (Å²) in [5.74, 6) is 2.45. The van der Waals surface area contributed by atoms with E-state index in [-0.39, 0.29) is 13.2 Å². The molecule has 1 atom stereocenters. The number of hydrogen-bond acceptors (Lipinski definition) is 6. The minimum absolute atomic E-state index is 0.0954. The Labute approximate surface area is 384 Å². The van der Waals surface area contributed by atoms with Crippen LogP contribution in [0.3, 0.4) is 0 Å². The van der Waals surface area contributed by atoms with Gasteiger partial charge in [-0.2, -0.15) is 0 Å². The zero-order valence-corrected chi connectivity index (χ0v) is 37.6. The predicted molar refractivity (Wildman–Crippen MR) is 267 cm³/mol. The Morgan fingerprint density at radius 2 is 0.785 bits per heavy atom. The van der Waals surface area contributed by atoms with E-state index in [1.165, 1.54) is 0 Å². The highest BCUT2D eigenvalue weighted by Crippen LogP contribution is 2.49. The Hall–Kier alpha value is -7.04. The summed E-state index contributed by atoms with van der Waals surface area (Å²) in [6, 6.07) is 72.2. The summed E-state index contributed by atoms with van der Waals surface area (Å²) in [4.78, 5) is 0. The summed E-state index contributed by atoms with van der Waals surface area (Å²) >= 11 is 0. The summed E-state index contributed by atoms with van der Waals surface area (Å²) in [5.41, 5.74) is 8.76. The molecule has 8 heteroatoms. The smallest absolute Gasteiger partial charge is 0.417 e. The van der Waals surface area contributed by atoms with Gasteiger partial charge in [0.2, 0.25) is 0 Å². The van der Waals surface area contributed by atoms with E-state index in [0.29, 0.717) is 29.4 Å². The zero-order chi connectivity index (χ0) is 44.3. The molecular formula is C57H48O6P2. The van der Waals surface area contributed by atoms with Gasteiger partial charge < -0.3 is 18.1 Å². The second-order valence-electron chi connectivity index (χ2n) is 14.7. The van der Waals surface area contributed by atoms with Crippen molar-refractivity contribution < 1.29 is 27.1 Å². The number of allylic oxidation sites excluding steroid dienone is 4. The van der Waals surface area contributed by atoms with E-state index in [9.17, 15) is 0 Å². The Kier molecular flexibility index (Phi) is 16.2. The van der Waals surface area contributed by atoms with E-state index in [2.05, 4.69) is 61.2 Å². The van der Waals surface area contributed by atoms with E-state index < -0.39 is 17.2 Å². The maximum atomic E-state index is 6.79. The Bertz CT molecular complexity index is 2700. The van der Waals surface area contributed by atoms with E-state index in [4.69, 9.17) is 27.1 Å². The maximum absolute atomic E-state index is 6.79. The SMILES string of the molecule is C=C/C=C\C=C(/COP(Oc1ccccc1COP(Oc1ccccc1-c1ccccc1)Oc1ccccc1-c1ccccc1)Oc1ccccc1-c1ccccc1)Cc1ccccc1. The van der Waals surface area contributed by atoms with Crippen molar-refractivity contribution in [3.05, 3.63) is 266 Å². The van der Waals surface area contributed by atoms with Crippen LogP contribution in [0, 0.1) is 0 Å². The Morgan fingerprint density at radius 3 is 1.26 bits per heavy atom. The molecule has 0 heterocycles. The number of rotatable bonds is 21. The second-order valence-corrected chi connectivity index (χ2v) is 16.8. The quantitative estimate of drug-likeness (QED) is 0.0529. The van der Waals surface area contributed by atoms with Gasteiger partial charge in [0.1, 0.15) is 23.0 Å². The first-order chi connectivity index (χ1) is 32.2. The molecule has 0 amide bonds. The molecule has 0 aliphatic rings. The molecule has 0 N–H and O–H groups in total. The molecule has 0 bridgehead atoms. The molecule has 0 fully saturated rings. The van der Waals surface area contributed by atoms with Crippen molar-refractivity contribution in [2.75, 3.05) is 6.61 Å². The number of hydrogen-bond donors (Lipinski definition) is 0. The Morgan fingerprint density at radius 1 is 0.400 bits per heavy atom. The fraction of sp³-hybridized carbons (Fsp3) is 0.0526. The van der Waals surface area contributed by atoms with E-state index in [0.717, 1.165) is 50.1 Å². The second kappa shape index (κ2) is 23.6. The molecule has 0 saturated heterocycles. The van der Waals surface area contributed by atoms with Crippen LogP contribution in [0.25, 0.3) is 33.4 Å². The van der Waals surface area contributed by atoms with Crippen molar-refractivity contribution in [2.45, 2.75) is 13.0 Å². The largest absolute Gasteiger partial charge is 0.463 e. The molecule has 65 heavy (non-hydrogen) atoms. The summed E-state index contributed by atoms with van der Waals surface area (Å²) in [6.45, 7) is 4.19. The van der Waals surface area contributed by atoms with Crippen LogP contribution in [0.5, 0.6) is 23.0 Å². The topological polar surface area (TPSA) is 55.4 Å². The van der Waals surface area contributed by atoms with Gasteiger partial charge in [0, 0.05) is 22.3 Å². The summed E-state index contributed by atoms with van der Waals surface area (Å²) in [5, 5.41) is 0. The summed E-state index contributed by atoms with van der Waals surface area (Å²) < 4.78 is 40.4. The molecule has 8 aromatic carbocycles. The molecule has 8 aromatic rings. The van der Waals surface area contributed by atoms with Crippen molar-refractivity contribution >= 4 is 17.2 Å². The molecule has 0 aliphatic carbocycles. The lowest BCUT2D eigenvalue weighted by Crippen LogP contribution is -2.07. The van der Waals surface area contributed by atoms with Crippen LogP contribution >= 0.6 is 17.2 Å². The van der Waals surface area contributed by atoms with Gasteiger partial charge >= 0.3 is 17.2 Å². The number of para-hydroxylation sites is 4. The third kappa shape index (κ3) is 12.8. The average Bonchev–Trinajstić information content (AvgIpc) is 3.37. The highest BCUT2D eigenvalue weighted by Gasteiger charge is 2.25.